The molecule has 4 rings (SSSR count). The molecule has 0 bridgehead atoms. The second kappa shape index (κ2) is 8.70. The Labute approximate surface area is 187 Å². The molecule has 5 nitrogen and oxygen atoms in total. The van der Waals surface area contributed by atoms with E-state index in [0.717, 1.165) is 33.3 Å². The summed E-state index contributed by atoms with van der Waals surface area (Å²) in [5.41, 5.74) is 11.2. The minimum absolute atomic E-state index is 0.0344. The fourth-order valence-electron chi connectivity index (χ4n) is 4.02. The van der Waals surface area contributed by atoms with E-state index in [2.05, 4.69) is 21.7 Å². The van der Waals surface area contributed by atoms with E-state index >= 15 is 0 Å². The van der Waals surface area contributed by atoms with Gasteiger partial charge in [-0.1, -0.05) is 48.6 Å². The molecule has 2 aromatic heterocycles. The summed E-state index contributed by atoms with van der Waals surface area (Å²) in [6.45, 7) is 5.09. The number of anilines is 1. The number of hydrogen-bond donors (Lipinski definition) is 1. The van der Waals surface area contributed by atoms with Crippen molar-refractivity contribution >= 4 is 39.7 Å². The van der Waals surface area contributed by atoms with E-state index in [0.29, 0.717) is 23.8 Å². The second-order valence-electron chi connectivity index (χ2n) is 7.40. The van der Waals surface area contributed by atoms with E-state index in [4.69, 9.17) is 18.0 Å². The highest BCUT2D eigenvalue weighted by Gasteiger charge is 2.25. The summed E-state index contributed by atoms with van der Waals surface area (Å²) >= 11 is 5.14. The van der Waals surface area contributed by atoms with Crippen molar-refractivity contribution in [3.8, 4) is 0 Å². The third kappa shape index (κ3) is 3.94. The summed E-state index contributed by atoms with van der Waals surface area (Å²) in [7, 11) is 0. The van der Waals surface area contributed by atoms with Crippen LogP contribution in [0.5, 0.6) is 0 Å². The lowest BCUT2D eigenvalue weighted by Crippen LogP contribution is -2.33. The third-order valence-corrected chi connectivity index (χ3v) is 5.75. The van der Waals surface area contributed by atoms with Gasteiger partial charge in [-0.15, -0.1) is 0 Å². The predicted molar refractivity (Wildman–Crippen MR) is 130 cm³/mol. The van der Waals surface area contributed by atoms with E-state index in [-0.39, 0.29) is 5.91 Å². The number of fused-ring (bicyclic) bond motifs is 1. The van der Waals surface area contributed by atoms with Gasteiger partial charge in [0.05, 0.1) is 0 Å². The van der Waals surface area contributed by atoms with Crippen molar-refractivity contribution in [3.05, 3.63) is 95.4 Å². The van der Waals surface area contributed by atoms with Crippen molar-refractivity contribution < 1.29 is 4.79 Å². The van der Waals surface area contributed by atoms with E-state index < -0.39 is 0 Å². The molecule has 2 heterocycles. The molecule has 0 saturated carbocycles. The number of amides is 1. The van der Waals surface area contributed by atoms with Gasteiger partial charge in [0.25, 0.3) is 5.91 Å². The average Bonchev–Trinajstić information content (AvgIpc) is 3.07. The van der Waals surface area contributed by atoms with Crippen LogP contribution in [0.3, 0.4) is 0 Å². The number of para-hydroxylation sites is 1. The van der Waals surface area contributed by atoms with E-state index in [1.807, 2.05) is 62.4 Å². The van der Waals surface area contributed by atoms with Crippen molar-refractivity contribution in [2.24, 2.45) is 5.73 Å². The van der Waals surface area contributed by atoms with Crippen LogP contribution >= 0.6 is 12.2 Å². The molecule has 0 spiro atoms. The van der Waals surface area contributed by atoms with Crippen LogP contribution in [0, 0.1) is 6.92 Å². The molecule has 31 heavy (non-hydrogen) atoms. The van der Waals surface area contributed by atoms with Gasteiger partial charge in [-0.3, -0.25) is 9.78 Å². The molecule has 1 amide bonds. The lowest BCUT2D eigenvalue weighted by Gasteiger charge is -2.22. The van der Waals surface area contributed by atoms with Gasteiger partial charge in [-0.2, -0.15) is 0 Å². The number of nitrogens with zero attached hydrogens (tertiary/aromatic N) is 3. The molecule has 0 saturated heterocycles. The molecule has 0 radical (unpaired) electrons. The van der Waals surface area contributed by atoms with Gasteiger partial charge in [-0.05, 0) is 49.2 Å². The van der Waals surface area contributed by atoms with Crippen LogP contribution in [0.1, 0.15) is 34.1 Å². The molecule has 0 fully saturated rings. The van der Waals surface area contributed by atoms with Gasteiger partial charge in [0.1, 0.15) is 10.7 Å². The number of carbonyl (C=O) groups is 1. The predicted octanol–water partition coefficient (Wildman–Crippen LogP) is 4.69. The maximum Gasteiger partial charge on any atom is 0.275 e. The molecule has 6 heteroatoms. The van der Waals surface area contributed by atoms with Crippen molar-refractivity contribution in [1.82, 2.24) is 9.55 Å². The van der Waals surface area contributed by atoms with Crippen molar-refractivity contribution in [3.63, 3.8) is 0 Å². The molecule has 2 aromatic carbocycles. The van der Waals surface area contributed by atoms with Gasteiger partial charge in [0.15, 0.2) is 0 Å². The average molecular weight is 429 g/mol. The second-order valence-corrected chi connectivity index (χ2v) is 7.84. The monoisotopic (exact) mass is 428 g/mol. The highest BCUT2D eigenvalue weighted by Crippen LogP contribution is 2.29. The lowest BCUT2D eigenvalue weighted by molar-refractivity contribution is 0.0979. The molecule has 0 atom stereocenters. The minimum Gasteiger partial charge on any atom is -0.389 e. The number of pyridine rings is 1. The Balaban J connectivity index is 1.85. The quantitative estimate of drug-likeness (QED) is 0.453. The Bertz CT molecular complexity index is 1260. The fraction of sp³-hybridized carbons (Fsp3) is 0.160. The number of rotatable bonds is 6. The molecule has 4 aromatic rings. The zero-order valence-corrected chi connectivity index (χ0v) is 18.4. The number of benzene rings is 2. The number of aromatic nitrogens is 2. The Morgan fingerprint density at radius 1 is 1.10 bits per heavy atom. The summed E-state index contributed by atoms with van der Waals surface area (Å²) in [5, 5.41) is 1.07. The van der Waals surface area contributed by atoms with Crippen LogP contribution in [0.15, 0.2) is 73.1 Å². The van der Waals surface area contributed by atoms with Crippen molar-refractivity contribution in [2.45, 2.75) is 20.4 Å². The summed E-state index contributed by atoms with van der Waals surface area (Å²) in [4.78, 5) is 20.0. The van der Waals surface area contributed by atoms with E-state index in [9.17, 15) is 4.79 Å². The Hall–Kier alpha value is -3.51. The van der Waals surface area contributed by atoms with Crippen LogP contribution < -0.4 is 10.6 Å². The van der Waals surface area contributed by atoms with Gasteiger partial charge < -0.3 is 15.2 Å². The Morgan fingerprint density at radius 3 is 2.55 bits per heavy atom. The van der Waals surface area contributed by atoms with Gasteiger partial charge in [0.2, 0.25) is 0 Å². The number of hydrogen-bond acceptors (Lipinski definition) is 3. The largest absolute Gasteiger partial charge is 0.389 e. The van der Waals surface area contributed by atoms with Crippen LogP contribution in [0.25, 0.3) is 10.9 Å². The smallest absolute Gasteiger partial charge is 0.275 e. The molecule has 0 aliphatic rings. The maximum atomic E-state index is 13.8. The SMILES string of the molecule is CCN(C(=O)c1c(C)c2ccccc2n1Cc1cccc(C(N)=S)c1)c1ccncc1. The lowest BCUT2D eigenvalue weighted by atomic mass is 10.1. The first-order valence-electron chi connectivity index (χ1n) is 10.2. The summed E-state index contributed by atoms with van der Waals surface area (Å²) in [6.07, 6.45) is 3.41. The van der Waals surface area contributed by atoms with Crippen molar-refractivity contribution in [2.75, 3.05) is 11.4 Å². The molecular weight excluding hydrogens is 404 g/mol. The molecule has 0 aliphatic carbocycles. The highest BCUT2D eigenvalue weighted by molar-refractivity contribution is 7.80. The Morgan fingerprint density at radius 2 is 1.84 bits per heavy atom. The topological polar surface area (TPSA) is 64.2 Å². The van der Waals surface area contributed by atoms with Gasteiger partial charge in [0, 0.05) is 47.6 Å². The number of nitrogens with two attached hydrogens (primary N) is 1. The number of carbonyl (C=O) groups excluding carboxylic acids is 1. The number of aryl methyl sites for hydroxylation is 1. The first-order valence-corrected chi connectivity index (χ1v) is 10.6. The summed E-state index contributed by atoms with van der Waals surface area (Å²) in [6, 6.07) is 19.7. The molecular formula is C25H24N4OS. The van der Waals surface area contributed by atoms with Crippen LogP contribution in [-0.4, -0.2) is 27.0 Å². The fourth-order valence-corrected chi connectivity index (χ4v) is 4.14. The Kier molecular flexibility index (Phi) is 5.82. The maximum absolute atomic E-state index is 13.8. The minimum atomic E-state index is -0.0344. The zero-order valence-electron chi connectivity index (χ0n) is 17.6. The first kappa shape index (κ1) is 20.8. The summed E-state index contributed by atoms with van der Waals surface area (Å²) < 4.78 is 2.09. The van der Waals surface area contributed by atoms with Gasteiger partial charge in [-0.25, -0.2) is 0 Å². The van der Waals surface area contributed by atoms with Crippen molar-refractivity contribution in [1.29, 1.82) is 0 Å². The summed E-state index contributed by atoms with van der Waals surface area (Å²) in [5.74, 6) is -0.0344. The number of thiocarbonyl (C=S) groups is 1. The standard InChI is InChI=1S/C25H24N4OS/c1-3-28(20-11-13-27-14-12-20)25(30)23-17(2)21-9-4-5-10-22(21)29(23)16-18-7-6-8-19(15-18)24(26)31/h4-15H,3,16H2,1-2H3,(H2,26,31). The van der Waals surface area contributed by atoms with E-state index in [1.165, 1.54) is 0 Å². The zero-order chi connectivity index (χ0) is 22.0. The van der Waals surface area contributed by atoms with Gasteiger partial charge >= 0.3 is 0 Å². The molecule has 0 unspecified atom stereocenters. The van der Waals surface area contributed by atoms with E-state index in [1.54, 1.807) is 17.3 Å². The van der Waals surface area contributed by atoms with Crippen LogP contribution in [0.4, 0.5) is 5.69 Å². The van der Waals surface area contributed by atoms with Crippen LogP contribution in [0.2, 0.25) is 0 Å². The molecule has 2 N–H and O–H groups in total. The van der Waals surface area contributed by atoms with Crippen LogP contribution in [-0.2, 0) is 6.54 Å². The third-order valence-electron chi connectivity index (χ3n) is 5.51. The first-order chi connectivity index (χ1) is 15.0. The molecule has 156 valence electrons. The highest BCUT2D eigenvalue weighted by atomic mass is 32.1. The molecule has 0 aliphatic heterocycles. The normalized spacial score (nSPS) is 10.9.